The molecule has 0 unspecified atom stereocenters. The van der Waals surface area contributed by atoms with Crippen molar-refractivity contribution in [2.75, 3.05) is 0 Å². The average molecular weight is 232 g/mol. The molecule has 1 aromatic carbocycles. The van der Waals surface area contributed by atoms with E-state index in [0.29, 0.717) is 0 Å². The van der Waals surface area contributed by atoms with Gasteiger partial charge in [0.25, 0.3) is 0 Å². The molecule has 1 N–H and O–H groups in total. The Morgan fingerprint density at radius 3 is 2.53 bits per heavy atom. The van der Waals surface area contributed by atoms with Crippen LogP contribution in [-0.2, 0) is 13.0 Å². The first-order valence-corrected chi connectivity index (χ1v) is 6.61. The van der Waals surface area contributed by atoms with Gasteiger partial charge in [0.05, 0.1) is 0 Å². The van der Waals surface area contributed by atoms with Crippen LogP contribution < -0.4 is 5.32 Å². The molecule has 0 aliphatic rings. The second-order valence-electron chi connectivity index (χ2n) is 6.23. The Balaban J connectivity index is 2.64. The van der Waals surface area contributed by atoms with Crippen molar-refractivity contribution in [3.63, 3.8) is 0 Å². The first kappa shape index (κ1) is 14.2. The number of hydrogen-bond acceptors (Lipinski definition) is 1. The summed E-state index contributed by atoms with van der Waals surface area (Å²) >= 11 is 0. The predicted octanol–water partition coefficient (Wildman–Crippen LogP) is 3.96. The van der Waals surface area contributed by atoms with Crippen LogP contribution in [0.5, 0.6) is 0 Å². The van der Waals surface area contributed by atoms with Crippen molar-refractivity contribution in [1.29, 1.82) is 0 Å². The van der Waals surface area contributed by atoms with Crippen LogP contribution in [-0.4, -0.2) is 5.54 Å². The van der Waals surface area contributed by atoms with Gasteiger partial charge in [-0.3, -0.25) is 0 Å². The van der Waals surface area contributed by atoms with Gasteiger partial charge in [0, 0.05) is 12.1 Å². The van der Waals surface area contributed by atoms with E-state index < -0.39 is 0 Å². The fraction of sp³-hybridized carbons (Fsp3) is 0.625. The summed E-state index contributed by atoms with van der Waals surface area (Å²) in [6.45, 7) is 12.1. The number of hydrogen-bond donors (Lipinski definition) is 1. The molecule has 0 aliphatic heterocycles. The van der Waals surface area contributed by atoms with Crippen LogP contribution in [0.25, 0.3) is 0 Å². The Morgan fingerprint density at radius 1 is 1.24 bits per heavy atom. The lowest BCUT2D eigenvalue weighted by atomic mass is 9.98. The third-order valence-electron chi connectivity index (χ3n) is 2.85. The molecule has 0 fully saturated rings. The highest BCUT2D eigenvalue weighted by Crippen LogP contribution is 2.14. The van der Waals surface area contributed by atoms with E-state index in [9.17, 15) is 0 Å². The number of nitrogens with one attached hydrogen (secondary N) is 1. The normalized spacial score (nSPS) is 12.1. The van der Waals surface area contributed by atoms with Gasteiger partial charge in [-0.2, -0.15) is 0 Å². The van der Waals surface area contributed by atoms with Crippen molar-refractivity contribution in [1.82, 2.24) is 5.32 Å². The lowest BCUT2D eigenvalue weighted by Crippen LogP contribution is -2.35. The minimum absolute atomic E-state index is 0.172. The molecule has 0 spiro atoms. The van der Waals surface area contributed by atoms with E-state index in [4.69, 9.17) is 0 Å². The number of aryl methyl sites for hydroxylation is 1. The van der Waals surface area contributed by atoms with Gasteiger partial charge in [-0.05, 0) is 62.8 Å². The molecule has 0 bridgehead atoms. The van der Waals surface area contributed by atoms with Crippen molar-refractivity contribution in [2.45, 2.75) is 59.5 Å². The zero-order valence-corrected chi connectivity index (χ0v) is 11.9. The largest absolute Gasteiger partial charge is 0.308 e. The molecular formula is C16H26N. The fourth-order valence-corrected chi connectivity index (χ4v) is 1.71. The lowest BCUT2D eigenvalue weighted by molar-refractivity contribution is 0.423. The van der Waals surface area contributed by atoms with Crippen LogP contribution in [0.2, 0.25) is 0 Å². The summed E-state index contributed by atoms with van der Waals surface area (Å²) in [6.07, 6.45) is 2.43. The molecule has 0 saturated carbocycles. The first-order valence-electron chi connectivity index (χ1n) is 6.61. The van der Waals surface area contributed by atoms with Crippen molar-refractivity contribution in [3.05, 3.63) is 35.4 Å². The quantitative estimate of drug-likeness (QED) is 0.810. The van der Waals surface area contributed by atoms with E-state index in [1.165, 1.54) is 24.0 Å². The molecule has 1 rings (SSSR count). The van der Waals surface area contributed by atoms with Crippen LogP contribution in [0, 0.1) is 12.0 Å². The Kier molecular flexibility index (Phi) is 5.20. The van der Waals surface area contributed by atoms with Gasteiger partial charge in [-0.15, -0.1) is 0 Å². The van der Waals surface area contributed by atoms with Gasteiger partial charge in [0.1, 0.15) is 0 Å². The van der Waals surface area contributed by atoms with Crippen LogP contribution in [0.15, 0.2) is 18.2 Å². The van der Waals surface area contributed by atoms with E-state index in [1.54, 1.807) is 0 Å². The molecule has 1 nitrogen and oxygen atoms in total. The highest BCUT2D eigenvalue weighted by molar-refractivity contribution is 5.26. The molecule has 0 aromatic heterocycles. The zero-order chi connectivity index (χ0) is 12.9. The van der Waals surface area contributed by atoms with Crippen LogP contribution >= 0.6 is 0 Å². The SMILES string of the molecule is CC(C)CCc1cc[c]cc1CNC(C)(C)C. The molecule has 1 aromatic rings. The third-order valence-corrected chi connectivity index (χ3v) is 2.85. The summed E-state index contributed by atoms with van der Waals surface area (Å²) in [6, 6.07) is 9.54. The summed E-state index contributed by atoms with van der Waals surface area (Å²) in [5.41, 5.74) is 3.03. The highest BCUT2D eigenvalue weighted by Gasteiger charge is 2.10. The van der Waals surface area contributed by atoms with Gasteiger partial charge < -0.3 is 5.32 Å². The summed E-state index contributed by atoms with van der Waals surface area (Å²) < 4.78 is 0. The van der Waals surface area contributed by atoms with Crippen LogP contribution in [0.4, 0.5) is 0 Å². The van der Waals surface area contributed by atoms with E-state index in [0.717, 1.165) is 12.5 Å². The van der Waals surface area contributed by atoms with Crippen molar-refractivity contribution in [2.24, 2.45) is 5.92 Å². The molecular weight excluding hydrogens is 206 g/mol. The molecule has 0 saturated heterocycles. The monoisotopic (exact) mass is 232 g/mol. The summed E-state index contributed by atoms with van der Waals surface area (Å²) in [7, 11) is 0. The Labute approximate surface area is 107 Å². The fourth-order valence-electron chi connectivity index (χ4n) is 1.71. The van der Waals surface area contributed by atoms with Crippen LogP contribution in [0.3, 0.4) is 0 Å². The maximum absolute atomic E-state index is 3.55. The Bertz CT molecular complexity index is 334. The Morgan fingerprint density at radius 2 is 1.94 bits per heavy atom. The summed E-state index contributed by atoms with van der Waals surface area (Å²) in [5.74, 6) is 0.766. The Hall–Kier alpha value is -0.820. The molecule has 95 valence electrons. The second kappa shape index (κ2) is 6.20. The van der Waals surface area contributed by atoms with Crippen molar-refractivity contribution in [3.8, 4) is 0 Å². The second-order valence-corrected chi connectivity index (χ2v) is 6.23. The molecule has 0 amide bonds. The van der Waals surface area contributed by atoms with Gasteiger partial charge in [0.2, 0.25) is 0 Å². The van der Waals surface area contributed by atoms with Gasteiger partial charge >= 0.3 is 0 Å². The van der Waals surface area contributed by atoms with E-state index in [-0.39, 0.29) is 5.54 Å². The minimum Gasteiger partial charge on any atom is -0.308 e. The van der Waals surface area contributed by atoms with Crippen molar-refractivity contribution < 1.29 is 0 Å². The van der Waals surface area contributed by atoms with Gasteiger partial charge in [-0.25, -0.2) is 0 Å². The molecule has 1 radical (unpaired) electrons. The molecule has 0 aliphatic carbocycles. The highest BCUT2D eigenvalue weighted by atomic mass is 14.9. The third kappa shape index (κ3) is 5.88. The molecule has 17 heavy (non-hydrogen) atoms. The number of benzene rings is 1. The number of rotatable bonds is 5. The first-order chi connectivity index (χ1) is 7.88. The molecule has 0 atom stereocenters. The molecule has 0 heterocycles. The van der Waals surface area contributed by atoms with E-state index >= 15 is 0 Å². The average Bonchev–Trinajstić information content (AvgIpc) is 2.23. The zero-order valence-electron chi connectivity index (χ0n) is 11.9. The summed E-state index contributed by atoms with van der Waals surface area (Å²) in [5, 5.41) is 3.55. The van der Waals surface area contributed by atoms with E-state index in [1.807, 2.05) is 6.07 Å². The smallest absolute Gasteiger partial charge is 0.0213 e. The lowest BCUT2D eigenvalue weighted by Gasteiger charge is -2.21. The predicted molar refractivity (Wildman–Crippen MR) is 75.0 cm³/mol. The van der Waals surface area contributed by atoms with Crippen molar-refractivity contribution >= 4 is 0 Å². The van der Waals surface area contributed by atoms with Crippen LogP contribution in [0.1, 0.15) is 52.2 Å². The standard InChI is InChI=1S/C16H26N/c1-13(2)10-11-14-8-6-7-9-15(14)12-17-16(3,4)5/h6,8-9,13,17H,10-12H2,1-5H3. The van der Waals surface area contributed by atoms with E-state index in [2.05, 4.69) is 58.1 Å². The van der Waals surface area contributed by atoms with Gasteiger partial charge in [0.15, 0.2) is 0 Å². The molecule has 1 heteroatoms. The maximum atomic E-state index is 3.55. The summed E-state index contributed by atoms with van der Waals surface area (Å²) in [4.78, 5) is 0. The topological polar surface area (TPSA) is 12.0 Å². The van der Waals surface area contributed by atoms with Gasteiger partial charge in [-0.1, -0.05) is 26.0 Å². The maximum Gasteiger partial charge on any atom is 0.0213 e. The minimum atomic E-state index is 0.172.